The minimum absolute atomic E-state index is 0.0310. The van der Waals surface area contributed by atoms with Gasteiger partial charge in [-0.1, -0.05) is 0 Å². The lowest BCUT2D eigenvalue weighted by atomic mass is 10.2. The van der Waals surface area contributed by atoms with Crippen molar-refractivity contribution in [2.45, 2.75) is 18.4 Å². The molecule has 0 aliphatic rings. The van der Waals surface area contributed by atoms with E-state index in [0.29, 0.717) is 23.1 Å². The molecule has 146 valence electrons. The van der Waals surface area contributed by atoms with Crippen LogP contribution in [0.5, 0.6) is 5.88 Å². The first-order chi connectivity index (χ1) is 13.2. The Balaban J connectivity index is 1.85. The maximum absolute atomic E-state index is 13.6. The Bertz CT molecular complexity index is 1190. The quantitative estimate of drug-likeness (QED) is 0.439. The summed E-state index contributed by atoms with van der Waals surface area (Å²) in [5, 5.41) is 26.4. The standard InChI is InChI=1S/C17H16FN5O3S2/c1-2-23-14-8-3-10(18)9-13(14)15(16(23)24)21-22-17(27)20-11-4-6-12(7-5-11)28(19,25)26/h3-9,24H,2H2,1H3,(H,20,27)(H2,19,25,26). The summed E-state index contributed by atoms with van der Waals surface area (Å²) in [6, 6.07) is 9.69. The highest BCUT2D eigenvalue weighted by Gasteiger charge is 2.16. The number of sulfonamides is 1. The second-order valence-corrected chi connectivity index (χ2v) is 7.73. The van der Waals surface area contributed by atoms with E-state index in [1.54, 1.807) is 10.6 Å². The molecule has 8 nitrogen and oxygen atoms in total. The Morgan fingerprint density at radius 2 is 1.96 bits per heavy atom. The van der Waals surface area contributed by atoms with Gasteiger partial charge in [-0.3, -0.25) is 0 Å². The van der Waals surface area contributed by atoms with Gasteiger partial charge in [0.05, 0.1) is 10.4 Å². The number of aromatic nitrogens is 1. The average Bonchev–Trinajstić information content (AvgIpc) is 2.89. The number of nitrogens with two attached hydrogens (primary N) is 1. The van der Waals surface area contributed by atoms with E-state index in [4.69, 9.17) is 17.4 Å². The summed E-state index contributed by atoms with van der Waals surface area (Å²) in [5.74, 6) is -0.611. The Morgan fingerprint density at radius 3 is 2.57 bits per heavy atom. The summed E-state index contributed by atoms with van der Waals surface area (Å²) < 4.78 is 37.7. The molecule has 0 radical (unpaired) electrons. The molecule has 3 rings (SSSR count). The molecule has 0 fully saturated rings. The number of thiocarbonyl (C=S) groups is 1. The number of fused-ring (bicyclic) bond motifs is 1. The van der Waals surface area contributed by atoms with E-state index in [2.05, 4.69) is 15.5 Å². The zero-order valence-corrected chi connectivity index (χ0v) is 16.3. The molecule has 0 unspecified atom stereocenters. The number of nitrogens with zero attached hydrogens (tertiary/aromatic N) is 3. The van der Waals surface area contributed by atoms with Crippen LogP contribution < -0.4 is 10.5 Å². The van der Waals surface area contributed by atoms with E-state index in [9.17, 15) is 17.9 Å². The van der Waals surface area contributed by atoms with Crippen LogP contribution in [0.2, 0.25) is 0 Å². The Hall–Kier alpha value is -2.89. The van der Waals surface area contributed by atoms with Gasteiger partial charge in [0.25, 0.3) is 0 Å². The van der Waals surface area contributed by atoms with Crippen molar-refractivity contribution in [1.29, 1.82) is 0 Å². The fourth-order valence-corrected chi connectivity index (χ4v) is 3.36. The summed E-state index contributed by atoms with van der Waals surface area (Å²) in [6.07, 6.45) is 0. The van der Waals surface area contributed by atoms with Crippen molar-refractivity contribution in [2.75, 3.05) is 5.32 Å². The number of hydrogen-bond donors (Lipinski definition) is 3. The van der Waals surface area contributed by atoms with Crippen molar-refractivity contribution >= 4 is 49.6 Å². The van der Waals surface area contributed by atoms with E-state index in [0.717, 1.165) is 0 Å². The fourth-order valence-electron chi connectivity index (χ4n) is 2.69. The van der Waals surface area contributed by atoms with Gasteiger partial charge in [0.2, 0.25) is 21.0 Å². The third kappa shape index (κ3) is 4.01. The molecule has 0 aliphatic carbocycles. The Labute approximate surface area is 165 Å². The lowest BCUT2D eigenvalue weighted by molar-refractivity contribution is 0.427. The first-order valence-electron chi connectivity index (χ1n) is 8.07. The third-order valence-corrected chi connectivity index (χ3v) is 5.08. The third-order valence-electron chi connectivity index (χ3n) is 3.96. The number of primary sulfonamides is 1. The zero-order chi connectivity index (χ0) is 20.5. The maximum atomic E-state index is 13.6. The molecule has 1 heterocycles. The van der Waals surface area contributed by atoms with Gasteiger partial charge in [-0.15, -0.1) is 10.2 Å². The minimum atomic E-state index is -3.79. The van der Waals surface area contributed by atoms with Gasteiger partial charge in [0, 0.05) is 17.6 Å². The van der Waals surface area contributed by atoms with Crippen molar-refractivity contribution in [1.82, 2.24) is 4.57 Å². The van der Waals surface area contributed by atoms with Gasteiger partial charge >= 0.3 is 0 Å². The molecule has 3 aromatic rings. The average molecular weight is 421 g/mol. The molecule has 11 heteroatoms. The summed E-state index contributed by atoms with van der Waals surface area (Å²) in [6.45, 7) is 2.30. The van der Waals surface area contributed by atoms with Gasteiger partial charge < -0.3 is 15.0 Å². The smallest absolute Gasteiger partial charge is 0.238 e. The summed E-state index contributed by atoms with van der Waals surface area (Å²) in [4.78, 5) is -0.0371. The molecule has 4 N–H and O–H groups in total. The largest absolute Gasteiger partial charge is 0.493 e. The number of hydrogen-bond acceptors (Lipinski definition) is 5. The number of nitrogens with one attached hydrogen (secondary N) is 1. The Kier molecular flexibility index (Phi) is 5.40. The number of benzene rings is 2. The second kappa shape index (κ2) is 7.62. The monoisotopic (exact) mass is 421 g/mol. The van der Waals surface area contributed by atoms with Crippen LogP contribution in [0.3, 0.4) is 0 Å². The topological polar surface area (TPSA) is 122 Å². The number of azo groups is 1. The van der Waals surface area contributed by atoms with Crippen molar-refractivity contribution in [2.24, 2.45) is 15.4 Å². The number of aromatic hydroxyl groups is 1. The van der Waals surface area contributed by atoms with E-state index in [-0.39, 0.29) is 21.6 Å². The molecule has 28 heavy (non-hydrogen) atoms. The van der Waals surface area contributed by atoms with E-state index < -0.39 is 15.8 Å². The van der Waals surface area contributed by atoms with E-state index in [1.807, 2.05) is 6.92 Å². The molecular weight excluding hydrogens is 405 g/mol. The van der Waals surface area contributed by atoms with Crippen LogP contribution in [0.15, 0.2) is 57.6 Å². The van der Waals surface area contributed by atoms with E-state index in [1.165, 1.54) is 36.4 Å². The SMILES string of the molecule is CCn1c(O)c(N=NC(=S)Nc2ccc(S(N)(=O)=O)cc2)c2cc(F)ccc21. The van der Waals surface area contributed by atoms with Gasteiger partial charge in [0.1, 0.15) is 5.82 Å². The van der Waals surface area contributed by atoms with Gasteiger partial charge in [-0.05, 0) is 61.6 Å². The predicted molar refractivity (Wildman–Crippen MR) is 108 cm³/mol. The van der Waals surface area contributed by atoms with Gasteiger partial charge in [0.15, 0.2) is 5.69 Å². The summed E-state index contributed by atoms with van der Waals surface area (Å²) in [7, 11) is -3.79. The molecule has 0 atom stereocenters. The van der Waals surface area contributed by atoms with Crippen molar-refractivity contribution < 1.29 is 17.9 Å². The van der Waals surface area contributed by atoms with Crippen LogP contribution in [-0.2, 0) is 16.6 Å². The maximum Gasteiger partial charge on any atom is 0.238 e. The Morgan fingerprint density at radius 1 is 1.29 bits per heavy atom. The lowest BCUT2D eigenvalue weighted by Crippen LogP contribution is -2.12. The van der Waals surface area contributed by atoms with Gasteiger partial charge in [-0.25, -0.2) is 17.9 Å². The lowest BCUT2D eigenvalue weighted by Gasteiger charge is -2.04. The molecule has 0 saturated heterocycles. The van der Waals surface area contributed by atoms with Crippen molar-refractivity contribution in [3.8, 4) is 5.88 Å². The first kappa shape index (κ1) is 19.9. The molecule has 0 aliphatic heterocycles. The van der Waals surface area contributed by atoms with Crippen LogP contribution >= 0.6 is 12.2 Å². The number of aryl methyl sites for hydroxylation is 1. The second-order valence-electron chi connectivity index (χ2n) is 5.78. The molecular formula is C17H16FN5O3S2. The number of halogens is 1. The van der Waals surface area contributed by atoms with Crippen LogP contribution in [0, 0.1) is 5.82 Å². The summed E-state index contributed by atoms with van der Waals surface area (Å²) in [5.41, 5.74) is 1.19. The molecule has 2 aromatic carbocycles. The van der Waals surface area contributed by atoms with Crippen molar-refractivity contribution in [3.05, 3.63) is 48.3 Å². The zero-order valence-electron chi connectivity index (χ0n) is 14.6. The van der Waals surface area contributed by atoms with Crippen LogP contribution in [-0.4, -0.2) is 23.2 Å². The molecule has 0 saturated carbocycles. The van der Waals surface area contributed by atoms with Gasteiger partial charge in [-0.2, -0.15) is 0 Å². The van der Waals surface area contributed by atoms with Crippen LogP contribution in [0.4, 0.5) is 15.8 Å². The van der Waals surface area contributed by atoms with E-state index >= 15 is 0 Å². The van der Waals surface area contributed by atoms with Crippen LogP contribution in [0.25, 0.3) is 10.9 Å². The molecule has 1 aromatic heterocycles. The highest BCUT2D eigenvalue weighted by atomic mass is 32.2. The number of anilines is 1. The fraction of sp³-hybridized carbons (Fsp3) is 0.118. The van der Waals surface area contributed by atoms with Crippen molar-refractivity contribution in [3.63, 3.8) is 0 Å². The van der Waals surface area contributed by atoms with Crippen LogP contribution in [0.1, 0.15) is 6.92 Å². The molecule has 0 bridgehead atoms. The highest BCUT2D eigenvalue weighted by Crippen LogP contribution is 2.39. The molecule has 0 amide bonds. The predicted octanol–water partition coefficient (Wildman–Crippen LogP) is 3.63. The summed E-state index contributed by atoms with van der Waals surface area (Å²) >= 11 is 5.09. The normalized spacial score (nSPS) is 12.0. The minimum Gasteiger partial charge on any atom is -0.493 e. The number of rotatable bonds is 4. The first-order valence-corrected chi connectivity index (χ1v) is 10.0. The molecule has 0 spiro atoms. The highest BCUT2D eigenvalue weighted by molar-refractivity contribution is 7.89.